The molecule has 1 saturated heterocycles. The minimum absolute atomic E-state index is 0.0908. The third-order valence-corrected chi connectivity index (χ3v) is 5.11. The van der Waals surface area contributed by atoms with Crippen LogP contribution in [-0.4, -0.2) is 42.1 Å². The Labute approximate surface area is 146 Å². The lowest BCUT2D eigenvalue weighted by Gasteiger charge is -2.27. The van der Waals surface area contributed by atoms with Crippen LogP contribution in [0.5, 0.6) is 5.75 Å². The van der Waals surface area contributed by atoms with E-state index < -0.39 is 17.4 Å². The second kappa shape index (κ2) is 6.74. The van der Waals surface area contributed by atoms with Gasteiger partial charge in [0.1, 0.15) is 11.3 Å². The Morgan fingerprint density at radius 1 is 1.24 bits per heavy atom. The SMILES string of the molecule is COc1ccc(N2CC(C(=O)NC3(C(=O)O)CCCC3)CC2=O)cc1. The number of nitrogens with one attached hydrogen (secondary N) is 1. The van der Waals surface area contributed by atoms with Crippen molar-refractivity contribution >= 4 is 23.5 Å². The molecule has 0 aromatic heterocycles. The molecule has 1 saturated carbocycles. The highest BCUT2D eigenvalue weighted by Crippen LogP contribution is 2.32. The number of carboxylic acid groups (broad SMARTS) is 1. The predicted octanol–water partition coefficient (Wildman–Crippen LogP) is 1.56. The third-order valence-electron chi connectivity index (χ3n) is 5.11. The summed E-state index contributed by atoms with van der Waals surface area (Å²) in [4.78, 5) is 38.0. The molecule has 0 spiro atoms. The molecule has 25 heavy (non-hydrogen) atoms. The molecule has 0 radical (unpaired) electrons. The van der Waals surface area contributed by atoms with E-state index in [-0.39, 0.29) is 24.8 Å². The fourth-order valence-electron chi connectivity index (χ4n) is 3.60. The van der Waals surface area contributed by atoms with Crippen molar-refractivity contribution in [1.82, 2.24) is 5.32 Å². The van der Waals surface area contributed by atoms with Crippen LogP contribution >= 0.6 is 0 Å². The van der Waals surface area contributed by atoms with E-state index in [1.54, 1.807) is 36.3 Å². The summed E-state index contributed by atoms with van der Waals surface area (Å²) in [5.74, 6) is -1.33. The first kappa shape index (κ1) is 17.3. The van der Waals surface area contributed by atoms with Crippen molar-refractivity contribution in [2.24, 2.45) is 5.92 Å². The molecule has 1 aromatic carbocycles. The van der Waals surface area contributed by atoms with Crippen LogP contribution in [-0.2, 0) is 14.4 Å². The first-order valence-electron chi connectivity index (χ1n) is 8.45. The fraction of sp³-hybridized carbons (Fsp3) is 0.500. The number of anilines is 1. The number of ether oxygens (including phenoxy) is 1. The minimum Gasteiger partial charge on any atom is -0.497 e. The van der Waals surface area contributed by atoms with Gasteiger partial charge in [0.25, 0.3) is 0 Å². The van der Waals surface area contributed by atoms with Crippen molar-refractivity contribution < 1.29 is 24.2 Å². The molecule has 2 aliphatic rings. The van der Waals surface area contributed by atoms with Gasteiger partial charge in [0.05, 0.1) is 13.0 Å². The van der Waals surface area contributed by atoms with E-state index in [0.29, 0.717) is 24.3 Å². The molecule has 1 heterocycles. The number of hydrogen-bond acceptors (Lipinski definition) is 4. The first-order chi connectivity index (χ1) is 11.9. The second-order valence-electron chi connectivity index (χ2n) is 6.69. The van der Waals surface area contributed by atoms with Crippen LogP contribution in [0.4, 0.5) is 5.69 Å². The van der Waals surface area contributed by atoms with Gasteiger partial charge < -0.3 is 20.1 Å². The quantitative estimate of drug-likeness (QED) is 0.843. The zero-order valence-corrected chi connectivity index (χ0v) is 14.2. The molecule has 1 aromatic rings. The zero-order chi connectivity index (χ0) is 18.0. The van der Waals surface area contributed by atoms with E-state index in [9.17, 15) is 19.5 Å². The molecule has 134 valence electrons. The average Bonchev–Trinajstić information content (AvgIpc) is 3.22. The number of carboxylic acids is 1. The van der Waals surface area contributed by atoms with Gasteiger partial charge in [-0.25, -0.2) is 4.79 Å². The molecular weight excluding hydrogens is 324 g/mol. The standard InChI is InChI=1S/C18H22N2O5/c1-25-14-6-4-13(5-7-14)20-11-12(10-15(20)21)16(22)19-18(17(23)24)8-2-3-9-18/h4-7,12H,2-3,8-11H2,1H3,(H,19,22)(H,23,24). The number of rotatable bonds is 5. The maximum absolute atomic E-state index is 12.6. The number of benzene rings is 1. The largest absolute Gasteiger partial charge is 0.497 e. The van der Waals surface area contributed by atoms with Gasteiger partial charge in [-0.3, -0.25) is 9.59 Å². The van der Waals surface area contributed by atoms with Gasteiger partial charge in [0.15, 0.2) is 0 Å². The molecule has 0 bridgehead atoms. The van der Waals surface area contributed by atoms with Crippen LogP contribution in [0.3, 0.4) is 0 Å². The molecule has 2 fully saturated rings. The van der Waals surface area contributed by atoms with Crippen molar-refractivity contribution in [3.8, 4) is 5.75 Å². The van der Waals surface area contributed by atoms with Crippen LogP contribution in [0, 0.1) is 5.92 Å². The summed E-state index contributed by atoms with van der Waals surface area (Å²) >= 11 is 0. The Hall–Kier alpha value is -2.57. The normalized spacial score (nSPS) is 22.0. The number of aliphatic carboxylic acids is 1. The highest BCUT2D eigenvalue weighted by Gasteiger charge is 2.45. The Morgan fingerprint density at radius 2 is 1.88 bits per heavy atom. The van der Waals surface area contributed by atoms with Crippen LogP contribution in [0.25, 0.3) is 0 Å². The summed E-state index contributed by atoms with van der Waals surface area (Å²) in [5, 5.41) is 12.2. The van der Waals surface area contributed by atoms with Crippen molar-refractivity contribution in [2.45, 2.75) is 37.6 Å². The number of nitrogens with zero attached hydrogens (tertiary/aromatic N) is 1. The predicted molar refractivity (Wildman–Crippen MR) is 90.4 cm³/mol. The van der Waals surface area contributed by atoms with Crippen molar-refractivity contribution in [3.63, 3.8) is 0 Å². The minimum atomic E-state index is -1.17. The monoisotopic (exact) mass is 346 g/mol. The van der Waals surface area contributed by atoms with Crippen molar-refractivity contribution in [1.29, 1.82) is 0 Å². The number of amides is 2. The molecule has 1 aliphatic carbocycles. The summed E-state index contributed by atoms with van der Waals surface area (Å²) in [6.07, 6.45) is 2.55. The fourth-order valence-corrected chi connectivity index (χ4v) is 3.60. The Balaban J connectivity index is 1.69. The number of methoxy groups -OCH3 is 1. The van der Waals surface area contributed by atoms with Gasteiger partial charge in [-0.05, 0) is 37.1 Å². The molecule has 7 nitrogen and oxygen atoms in total. The molecule has 2 amide bonds. The summed E-state index contributed by atoms with van der Waals surface area (Å²) < 4.78 is 5.10. The van der Waals surface area contributed by atoms with Crippen LogP contribution < -0.4 is 15.0 Å². The third kappa shape index (κ3) is 3.31. The lowest BCUT2D eigenvalue weighted by molar-refractivity contribution is -0.148. The van der Waals surface area contributed by atoms with Gasteiger partial charge in [-0.15, -0.1) is 0 Å². The molecule has 7 heteroatoms. The van der Waals surface area contributed by atoms with E-state index in [1.165, 1.54) is 0 Å². The summed E-state index contributed by atoms with van der Waals surface area (Å²) in [5.41, 5.74) is -0.469. The van der Waals surface area contributed by atoms with Crippen LogP contribution in [0.1, 0.15) is 32.1 Å². The number of carbonyl (C=O) groups excluding carboxylic acids is 2. The van der Waals surface area contributed by atoms with Crippen LogP contribution in [0.15, 0.2) is 24.3 Å². The number of carbonyl (C=O) groups is 3. The molecule has 1 atom stereocenters. The molecular formula is C18H22N2O5. The summed E-state index contributed by atoms with van der Waals surface area (Å²) in [6, 6.07) is 7.06. The van der Waals surface area contributed by atoms with E-state index >= 15 is 0 Å². The Kier molecular flexibility index (Phi) is 4.65. The zero-order valence-electron chi connectivity index (χ0n) is 14.2. The lowest BCUT2D eigenvalue weighted by atomic mass is 9.96. The Morgan fingerprint density at radius 3 is 2.44 bits per heavy atom. The van der Waals surface area contributed by atoms with E-state index in [1.807, 2.05) is 0 Å². The van der Waals surface area contributed by atoms with Gasteiger partial charge in [0, 0.05) is 18.7 Å². The lowest BCUT2D eigenvalue weighted by Crippen LogP contribution is -2.54. The van der Waals surface area contributed by atoms with Gasteiger partial charge >= 0.3 is 5.97 Å². The molecule has 2 N–H and O–H groups in total. The average molecular weight is 346 g/mol. The topological polar surface area (TPSA) is 95.9 Å². The first-order valence-corrected chi connectivity index (χ1v) is 8.45. The molecule has 1 unspecified atom stereocenters. The van der Waals surface area contributed by atoms with E-state index in [2.05, 4.69) is 5.32 Å². The van der Waals surface area contributed by atoms with E-state index in [0.717, 1.165) is 12.8 Å². The van der Waals surface area contributed by atoms with Gasteiger partial charge in [-0.2, -0.15) is 0 Å². The summed E-state index contributed by atoms with van der Waals surface area (Å²) in [7, 11) is 1.57. The van der Waals surface area contributed by atoms with Crippen molar-refractivity contribution in [3.05, 3.63) is 24.3 Å². The number of hydrogen-bond donors (Lipinski definition) is 2. The smallest absolute Gasteiger partial charge is 0.329 e. The van der Waals surface area contributed by atoms with Gasteiger partial charge in [-0.1, -0.05) is 12.8 Å². The van der Waals surface area contributed by atoms with Gasteiger partial charge in [0.2, 0.25) is 11.8 Å². The summed E-state index contributed by atoms with van der Waals surface area (Å²) in [6.45, 7) is 0.257. The molecule has 1 aliphatic heterocycles. The highest BCUT2D eigenvalue weighted by molar-refractivity contribution is 6.01. The second-order valence-corrected chi connectivity index (χ2v) is 6.69. The van der Waals surface area contributed by atoms with Crippen LogP contribution in [0.2, 0.25) is 0 Å². The Bertz CT molecular complexity index is 679. The molecule has 3 rings (SSSR count). The van der Waals surface area contributed by atoms with Crippen molar-refractivity contribution in [2.75, 3.05) is 18.6 Å². The highest BCUT2D eigenvalue weighted by atomic mass is 16.5. The maximum Gasteiger partial charge on any atom is 0.329 e. The van der Waals surface area contributed by atoms with E-state index in [4.69, 9.17) is 4.74 Å². The maximum atomic E-state index is 12.6.